The van der Waals surface area contributed by atoms with Crippen molar-refractivity contribution >= 4 is 23.4 Å². The molecule has 0 unspecified atom stereocenters. The van der Waals surface area contributed by atoms with Crippen LogP contribution in [-0.4, -0.2) is 46.1 Å². The van der Waals surface area contributed by atoms with E-state index in [-0.39, 0.29) is 5.75 Å². The predicted molar refractivity (Wildman–Crippen MR) is 74.5 cm³/mol. The summed E-state index contributed by atoms with van der Waals surface area (Å²) in [5.41, 5.74) is 1.98. The monoisotopic (exact) mass is 278 g/mol. The zero-order valence-electron chi connectivity index (χ0n) is 10.6. The summed E-state index contributed by atoms with van der Waals surface area (Å²) in [5.74, 6) is -0.294. The van der Waals surface area contributed by atoms with Crippen molar-refractivity contribution in [3.63, 3.8) is 0 Å². The molecule has 19 heavy (non-hydrogen) atoms. The zero-order chi connectivity index (χ0) is 13.8. The molecule has 2 N–H and O–H groups in total. The first kappa shape index (κ1) is 13.4. The average molecular weight is 278 g/mol. The number of anilines is 1. The smallest absolute Gasteiger partial charge is 0.313 e. The molecule has 0 atom stereocenters. The number of nitrogens with zero attached hydrogens (tertiary/aromatic N) is 3. The highest BCUT2D eigenvalue weighted by atomic mass is 32.2. The number of aromatic amines is 1. The maximum Gasteiger partial charge on any atom is 0.313 e. The molecule has 0 radical (unpaired) electrons. The molecule has 7 heteroatoms. The molecule has 0 aliphatic heterocycles. The number of carboxylic acids is 1. The summed E-state index contributed by atoms with van der Waals surface area (Å²) in [6.45, 7) is 0. The van der Waals surface area contributed by atoms with E-state index < -0.39 is 5.97 Å². The summed E-state index contributed by atoms with van der Waals surface area (Å²) in [6.07, 6.45) is 0. The van der Waals surface area contributed by atoms with E-state index in [1.54, 1.807) is 0 Å². The van der Waals surface area contributed by atoms with Gasteiger partial charge in [-0.2, -0.15) is 0 Å². The Balaban J connectivity index is 2.18. The quantitative estimate of drug-likeness (QED) is 0.810. The van der Waals surface area contributed by atoms with Crippen LogP contribution >= 0.6 is 11.8 Å². The SMILES string of the molecule is CN(C)c1cccc(-c2nc(SCC(=O)O)n[nH]2)c1. The Morgan fingerprint density at radius 3 is 2.95 bits per heavy atom. The lowest BCUT2D eigenvalue weighted by molar-refractivity contribution is -0.133. The number of benzene rings is 1. The number of carbonyl (C=O) groups is 1. The van der Waals surface area contributed by atoms with Gasteiger partial charge in [-0.15, -0.1) is 5.10 Å². The van der Waals surface area contributed by atoms with E-state index in [4.69, 9.17) is 5.11 Å². The van der Waals surface area contributed by atoms with E-state index >= 15 is 0 Å². The van der Waals surface area contributed by atoms with Gasteiger partial charge in [-0.1, -0.05) is 23.9 Å². The highest BCUT2D eigenvalue weighted by Crippen LogP contribution is 2.22. The number of thioether (sulfide) groups is 1. The van der Waals surface area contributed by atoms with Gasteiger partial charge in [0.15, 0.2) is 5.82 Å². The standard InChI is InChI=1S/C12H14N4O2S/c1-16(2)9-5-3-4-8(6-9)11-13-12(15-14-11)19-7-10(17)18/h3-6H,7H2,1-2H3,(H,17,18)(H,13,14,15). The van der Waals surface area contributed by atoms with Gasteiger partial charge in [0.25, 0.3) is 0 Å². The second-order valence-electron chi connectivity index (χ2n) is 4.09. The second-order valence-corrected chi connectivity index (χ2v) is 5.04. The van der Waals surface area contributed by atoms with E-state index in [0.717, 1.165) is 23.0 Å². The maximum atomic E-state index is 10.5. The molecule has 1 aromatic carbocycles. The van der Waals surface area contributed by atoms with Crippen LogP contribution in [0.15, 0.2) is 29.4 Å². The molecule has 0 fully saturated rings. The van der Waals surface area contributed by atoms with E-state index in [9.17, 15) is 4.79 Å². The van der Waals surface area contributed by atoms with E-state index in [0.29, 0.717) is 11.0 Å². The Morgan fingerprint density at radius 2 is 2.26 bits per heavy atom. The molecule has 100 valence electrons. The van der Waals surface area contributed by atoms with Crippen molar-refractivity contribution in [2.75, 3.05) is 24.7 Å². The summed E-state index contributed by atoms with van der Waals surface area (Å²) >= 11 is 1.09. The minimum atomic E-state index is -0.883. The van der Waals surface area contributed by atoms with Crippen LogP contribution < -0.4 is 4.90 Å². The third-order valence-corrected chi connectivity index (χ3v) is 3.26. The molecule has 1 aromatic heterocycles. The molecular formula is C12H14N4O2S. The normalized spacial score (nSPS) is 10.4. The molecule has 2 rings (SSSR count). The third kappa shape index (κ3) is 3.47. The Morgan fingerprint density at radius 1 is 1.47 bits per heavy atom. The lowest BCUT2D eigenvalue weighted by atomic mass is 10.2. The summed E-state index contributed by atoms with van der Waals surface area (Å²) < 4.78 is 0. The molecule has 2 aromatic rings. The van der Waals surface area contributed by atoms with Gasteiger partial charge < -0.3 is 10.0 Å². The summed E-state index contributed by atoms with van der Waals surface area (Å²) in [4.78, 5) is 16.7. The highest BCUT2D eigenvalue weighted by Gasteiger charge is 2.08. The fourth-order valence-corrected chi connectivity index (χ4v) is 2.02. The third-order valence-electron chi connectivity index (χ3n) is 2.43. The molecule has 0 amide bonds. The molecule has 0 saturated heterocycles. The van der Waals surface area contributed by atoms with Gasteiger partial charge in [-0.05, 0) is 12.1 Å². The van der Waals surface area contributed by atoms with E-state index in [2.05, 4.69) is 15.2 Å². The summed E-state index contributed by atoms with van der Waals surface area (Å²) in [7, 11) is 3.93. The van der Waals surface area contributed by atoms with Crippen molar-refractivity contribution in [1.82, 2.24) is 15.2 Å². The number of aliphatic carboxylic acids is 1. The Kier molecular flexibility index (Phi) is 4.06. The first-order valence-electron chi connectivity index (χ1n) is 5.61. The summed E-state index contributed by atoms with van der Waals surface area (Å²) in [5, 5.41) is 15.8. The number of hydrogen-bond donors (Lipinski definition) is 2. The minimum absolute atomic E-state index is 0.0466. The molecule has 6 nitrogen and oxygen atoms in total. The number of rotatable bonds is 5. The Labute approximate surface area is 114 Å². The first-order chi connectivity index (χ1) is 9.06. The zero-order valence-corrected chi connectivity index (χ0v) is 11.4. The van der Waals surface area contributed by atoms with Crippen molar-refractivity contribution < 1.29 is 9.90 Å². The predicted octanol–water partition coefficient (Wildman–Crippen LogP) is 1.71. The van der Waals surface area contributed by atoms with Crippen LogP contribution in [0.1, 0.15) is 0 Å². The topological polar surface area (TPSA) is 82.1 Å². The van der Waals surface area contributed by atoms with Crippen LogP contribution in [0.25, 0.3) is 11.4 Å². The van der Waals surface area contributed by atoms with Gasteiger partial charge in [-0.3, -0.25) is 9.89 Å². The average Bonchev–Trinajstić information content (AvgIpc) is 2.85. The largest absolute Gasteiger partial charge is 0.481 e. The van der Waals surface area contributed by atoms with Crippen LogP contribution in [0.2, 0.25) is 0 Å². The Hall–Kier alpha value is -2.02. The van der Waals surface area contributed by atoms with E-state index in [1.165, 1.54) is 0 Å². The van der Waals surface area contributed by atoms with Gasteiger partial charge >= 0.3 is 5.97 Å². The van der Waals surface area contributed by atoms with Crippen LogP contribution in [0.5, 0.6) is 0 Å². The van der Waals surface area contributed by atoms with Gasteiger partial charge in [0, 0.05) is 25.3 Å². The second kappa shape index (κ2) is 5.75. The van der Waals surface area contributed by atoms with Crippen molar-refractivity contribution in [2.24, 2.45) is 0 Å². The van der Waals surface area contributed by atoms with Gasteiger partial charge in [-0.25, -0.2) is 4.98 Å². The van der Waals surface area contributed by atoms with Crippen molar-refractivity contribution in [1.29, 1.82) is 0 Å². The van der Waals surface area contributed by atoms with Gasteiger partial charge in [0.05, 0.1) is 5.75 Å². The van der Waals surface area contributed by atoms with Crippen molar-refractivity contribution in [3.05, 3.63) is 24.3 Å². The van der Waals surface area contributed by atoms with Crippen LogP contribution in [0, 0.1) is 0 Å². The van der Waals surface area contributed by atoms with Crippen LogP contribution in [-0.2, 0) is 4.79 Å². The number of carboxylic acid groups (broad SMARTS) is 1. The van der Waals surface area contributed by atoms with E-state index in [1.807, 2.05) is 43.3 Å². The lowest BCUT2D eigenvalue weighted by Crippen LogP contribution is -2.08. The van der Waals surface area contributed by atoms with Crippen molar-refractivity contribution in [3.8, 4) is 11.4 Å². The number of H-pyrrole nitrogens is 1. The molecule has 0 aliphatic carbocycles. The fourth-order valence-electron chi connectivity index (χ4n) is 1.50. The molecule has 0 aliphatic rings. The summed E-state index contributed by atoms with van der Waals surface area (Å²) in [6, 6.07) is 7.86. The number of nitrogens with one attached hydrogen (secondary N) is 1. The number of hydrogen-bond acceptors (Lipinski definition) is 5. The Bertz CT molecular complexity index is 583. The highest BCUT2D eigenvalue weighted by molar-refractivity contribution is 7.99. The molecule has 0 saturated carbocycles. The number of aromatic nitrogens is 3. The fraction of sp³-hybridized carbons (Fsp3) is 0.250. The molecule has 0 spiro atoms. The van der Waals surface area contributed by atoms with Crippen LogP contribution in [0.4, 0.5) is 5.69 Å². The molecule has 1 heterocycles. The minimum Gasteiger partial charge on any atom is -0.481 e. The molecular weight excluding hydrogens is 264 g/mol. The lowest BCUT2D eigenvalue weighted by Gasteiger charge is -2.12. The van der Waals surface area contributed by atoms with Crippen molar-refractivity contribution in [2.45, 2.75) is 5.16 Å². The van der Waals surface area contributed by atoms with Gasteiger partial charge in [0.1, 0.15) is 0 Å². The maximum absolute atomic E-state index is 10.5. The van der Waals surface area contributed by atoms with Crippen LogP contribution in [0.3, 0.4) is 0 Å². The molecule has 0 bridgehead atoms. The first-order valence-corrected chi connectivity index (χ1v) is 6.59. The van der Waals surface area contributed by atoms with Gasteiger partial charge in [0.2, 0.25) is 5.16 Å².